The van der Waals surface area contributed by atoms with Crippen LogP contribution in [0.2, 0.25) is 0 Å². The van der Waals surface area contributed by atoms with E-state index in [1.165, 1.54) is 0 Å². The molecule has 1 amide bonds. The Bertz CT molecular complexity index is 971. The molecule has 0 bridgehead atoms. The molecule has 1 aliphatic heterocycles. The van der Waals surface area contributed by atoms with Crippen LogP contribution in [-0.4, -0.2) is 42.4 Å². The lowest BCUT2D eigenvalue weighted by molar-refractivity contribution is 0.0741. The summed E-state index contributed by atoms with van der Waals surface area (Å²) >= 11 is 0. The number of aliphatic hydroxyl groups is 1. The highest BCUT2D eigenvalue weighted by Crippen LogP contribution is 2.40. The topological polar surface area (TPSA) is 87.0 Å². The summed E-state index contributed by atoms with van der Waals surface area (Å²) in [4.78, 5) is 14.9. The predicted molar refractivity (Wildman–Crippen MR) is 95.4 cm³/mol. The molecule has 0 saturated heterocycles. The molecule has 2 aliphatic rings. The smallest absolute Gasteiger partial charge is 0.275 e. The molecular weight excluding hydrogens is 330 g/mol. The summed E-state index contributed by atoms with van der Waals surface area (Å²) in [7, 11) is 0. The van der Waals surface area contributed by atoms with E-state index in [0.29, 0.717) is 24.7 Å². The van der Waals surface area contributed by atoms with Crippen molar-refractivity contribution in [3.63, 3.8) is 0 Å². The number of aromatic nitrogens is 4. The first-order chi connectivity index (χ1) is 12.7. The molecule has 0 radical (unpaired) electrons. The Hall–Kier alpha value is -2.67. The molecular formula is C19H21N5O2. The van der Waals surface area contributed by atoms with Gasteiger partial charge in [-0.2, -0.15) is 10.2 Å². The van der Waals surface area contributed by atoms with Crippen LogP contribution in [-0.2, 0) is 13.1 Å². The van der Waals surface area contributed by atoms with Crippen molar-refractivity contribution >= 4 is 16.8 Å². The number of amides is 1. The minimum absolute atomic E-state index is 0.0682. The van der Waals surface area contributed by atoms with Gasteiger partial charge in [-0.3, -0.25) is 14.6 Å². The summed E-state index contributed by atoms with van der Waals surface area (Å²) in [6, 6.07) is 9.63. The molecule has 1 aliphatic carbocycles. The normalized spacial score (nSPS) is 18.6. The third kappa shape index (κ3) is 2.59. The van der Waals surface area contributed by atoms with Crippen LogP contribution in [0, 0.1) is 5.92 Å². The fraction of sp³-hybridized carbons (Fsp3) is 0.421. The molecule has 1 saturated carbocycles. The Balaban J connectivity index is 1.42. The Morgan fingerprint density at radius 2 is 2.12 bits per heavy atom. The largest absolute Gasteiger partial charge is 0.386 e. The molecule has 26 heavy (non-hydrogen) atoms. The van der Waals surface area contributed by atoms with Crippen LogP contribution in [0.5, 0.6) is 0 Å². The van der Waals surface area contributed by atoms with Crippen molar-refractivity contribution in [2.45, 2.75) is 38.5 Å². The second-order valence-electron chi connectivity index (χ2n) is 7.26. The van der Waals surface area contributed by atoms with Gasteiger partial charge in [0.05, 0.1) is 23.4 Å². The molecule has 2 N–H and O–H groups in total. The zero-order valence-corrected chi connectivity index (χ0v) is 14.4. The van der Waals surface area contributed by atoms with Gasteiger partial charge < -0.3 is 10.0 Å². The standard InChI is InChI=1S/C19H21N5O2/c25-18(12-6-7-12)16-10-13-11-23(8-3-9-24(13)22-16)19(26)17-14-4-1-2-5-15(14)20-21-17/h1-2,4-5,10,12,18,25H,3,6-9,11H2,(H,20,21)/t18-/m1/s1. The molecule has 1 atom stereocenters. The van der Waals surface area contributed by atoms with Crippen LogP contribution in [0.4, 0.5) is 0 Å². The number of nitrogens with zero attached hydrogens (tertiary/aromatic N) is 4. The minimum atomic E-state index is -0.478. The third-order valence-corrected chi connectivity index (χ3v) is 5.36. The SMILES string of the molecule is O=C(c1n[nH]c2ccccc12)N1CCCn2nc([C@H](O)C3CC3)cc2C1. The number of nitrogens with one attached hydrogen (secondary N) is 1. The van der Waals surface area contributed by atoms with Crippen LogP contribution in [0.3, 0.4) is 0 Å². The maximum atomic E-state index is 13.1. The zero-order chi connectivity index (χ0) is 17.7. The molecule has 7 nitrogen and oxygen atoms in total. The summed E-state index contributed by atoms with van der Waals surface area (Å²) in [5.41, 5.74) is 3.05. The molecule has 7 heteroatoms. The molecule has 3 aromatic rings. The third-order valence-electron chi connectivity index (χ3n) is 5.36. The lowest BCUT2D eigenvalue weighted by Crippen LogP contribution is -2.31. The number of carbonyl (C=O) groups is 1. The van der Waals surface area contributed by atoms with E-state index in [4.69, 9.17) is 0 Å². The summed E-state index contributed by atoms with van der Waals surface area (Å²) in [5.74, 6) is 0.281. The fourth-order valence-electron chi connectivity index (χ4n) is 3.73. The molecule has 3 heterocycles. The van der Waals surface area contributed by atoms with Crippen molar-refractivity contribution in [3.8, 4) is 0 Å². The van der Waals surface area contributed by atoms with Gasteiger partial charge in [0.25, 0.3) is 5.91 Å². The first kappa shape index (κ1) is 15.6. The average molecular weight is 351 g/mol. The van der Waals surface area contributed by atoms with Gasteiger partial charge in [-0.15, -0.1) is 0 Å². The van der Waals surface area contributed by atoms with Crippen molar-refractivity contribution in [1.82, 2.24) is 24.9 Å². The lowest BCUT2D eigenvalue weighted by atomic mass is 10.1. The van der Waals surface area contributed by atoms with E-state index in [1.54, 1.807) is 0 Å². The van der Waals surface area contributed by atoms with Crippen molar-refractivity contribution in [2.24, 2.45) is 5.92 Å². The maximum absolute atomic E-state index is 13.1. The molecule has 1 fully saturated rings. The van der Waals surface area contributed by atoms with E-state index >= 15 is 0 Å². The number of carbonyl (C=O) groups excluding carboxylic acids is 1. The van der Waals surface area contributed by atoms with Crippen molar-refractivity contribution in [3.05, 3.63) is 47.4 Å². The number of rotatable bonds is 3. The second-order valence-corrected chi connectivity index (χ2v) is 7.26. The monoisotopic (exact) mass is 351 g/mol. The Kier molecular flexibility index (Phi) is 3.56. The maximum Gasteiger partial charge on any atom is 0.275 e. The Morgan fingerprint density at radius 1 is 1.27 bits per heavy atom. The highest BCUT2D eigenvalue weighted by molar-refractivity contribution is 6.04. The first-order valence-electron chi connectivity index (χ1n) is 9.18. The highest BCUT2D eigenvalue weighted by Gasteiger charge is 2.33. The number of aliphatic hydroxyl groups excluding tert-OH is 1. The van der Waals surface area contributed by atoms with Gasteiger partial charge in [0.1, 0.15) is 6.10 Å². The number of benzene rings is 1. The van der Waals surface area contributed by atoms with Crippen molar-refractivity contribution in [2.75, 3.05) is 6.54 Å². The van der Waals surface area contributed by atoms with E-state index in [9.17, 15) is 9.90 Å². The van der Waals surface area contributed by atoms with Gasteiger partial charge in [-0.05, 0) is 37.3 Å². The van der Waals surface area contributed by atoms with E-state index in [2.05, 4.69) is 15.3 Å². The van der Waals surface area contributed by atoms with Crippen LogP contribution in [0.15, 0.2) is 30.3 Å². The second kappa shape index (κ2) is 5.95. The van der Waals surface area contributed by atoms with E-state index in [1.807, 2.05) is 39.9 Å². The molecule has 0 unspecified atom stereocenters. The first-order valence-corrected chi connectivity index (χ1v) is 9.18. The Morgan fingerprint density at radius 3 is 2.96 bits per heavy atom. The fourth-order valence-corrected chi connectivity index (χ4v) is 3.73. The van der Waals surface area contributed by atoms with Gasteiger partial charge >= 0.3 is 0 Å². The van der Waals surface area contributed by atoms with Crippen LogP contribution < -0.4 is 0 Å². The number of hydrogen-bond acceptors (Lipinski definition) is 4. The molecule has 0 spiro atoms. The number of aromatic amines is 1. The van der Waals surface area contributed by atoms with Gasteiger partial charge in [0.2, 0.25) is 0 Å². The van der Waals surface area contributed by atoms with Crippen LogP contribution in [0.25, 0.3) is 10.9 Å². The molecule has 1 aromatic carbocycles. The summed E-state index contributed by atoms with van der Waals surface area (Å²) in [5, 5.41) is 23.0. The summed E-state index contributed by atoms with van der Waals surface area (Å²) < 4.78 is 1.94. The number of para-hydroxylation sites is 1. The number of hydrogen-bond donors (Lipinski definition) is 2. The molecule has 134 valence electrons. The minimum Gasteiger partial charge on any atom is -0.386 e. The quantitative estimate of drug-likeness (QED) is 0.758. The van der Waals surface area contributed by atoms with Crippen molar-refractivity contribution in [1.29, 1.82) is 0 Å². The van der Waals surface area contributed by atoms with E-state index in [-0.39, 0.29) is 5.91 Å². The van der Waals surface area contributed by atoms with Gasteiger partial charge in [0.15, 0.2) is 5.69 Å². The number of aryl methyl sites for hydroxylation is 1. The number of H-pyrrole nitrogens is 1. The van der Waals surface area contributed by atoms with E-state index < -0.39 is 6.10 Å². The van der Waals surface area contributed by atoms with Gasteiger partial charge in [-0.25, -0.2) is 0 Å². The highest BCUT2D eigenvalue weighted by atomic mass is 16.3. The summed E-state index contributed by atoms with van der Waals surface area (Å²) in [6.07, 6.45) is 2.50. The Labute approximate surface area is 150 Å². The lowest BCUT2D eigenvalue weighted by Gasteiger charge is -2.19. The predicted octanol–water partition coefficient (Wildman–Crippen LogP) is 2.25. The summed E-state index contributed by atoms with van der Waals surface area (Å²) in [6.45, 7) is 1.92. The van der Waals surface area contributed by atoms with Gasteiger partial charge in [-0.1, -0.05) is 18.2 Å². The number of fused-ring (bicyclic) bond motifs is 2. The molecule has 5 rings (SSSR count). The van der Waals surface area contributed by atoms with Crippen molar-refractivity contribution < 1.29 is 9.90 Å². The van der Waals surface area contributed by atoms with Gasteiger partial charge in [0, 0.05) is 18.5 Å². The van der Waals surface area contributed by atoms with Crippen LogP contribution in [0.1, 0.15) is 47.2 Å². The zero-order valence-electron chi connectivity index (χ0n) is 14.4. The molecule has 2 aromatic heterocycles. The van der Waals surface area contributed by atoms with E-state index in [0.717, 1.165) is 48.1 Å². The van der Waals surface area contributed by atoms with Crippen LogP contribution >= 0.6 is 0 Å². The average Bonchev–Trinajstić information content (AvgIpc) is 3.36.